The Labute approximate surface area is 144 Å². The van der Waals surface area contributed by atoms with Crippen molar-refractivity contribution < 1.29 is 14.0 Å². The van der Waals surface area contributed by atoms with Gasteiger partial charge in [-0.2, -0.15) is 0 Å². The van der Waals surface area contributed by atoms with E-state index < -0.39 is 0 Å². The van der Waals surface area contributed by atoms with Gasteiger partial charge >= 0.3 is 0 Å². The van der Waals surface area contributed by atoms with Crippen molar-refractivity contribution >= 4 is 23.6 Å². The van der Waals surface area contributed by atoms with Gasteiger partial charge in [0.2, 0.25) is 5.91 Å². The Morgan fingerprint density at radius 1 is 0.917 bits per heavy atom. The maximum atomic E-state index is 12.8. The summed E-state index contributed by atoms with van der Waals surface area (Å²) < 4.78 is 12.8. The van der Waals surface area contributed by atoms with Crippen LogP contribution in [-0.4, -0.2) is 30.7 Å². The van der Waals surface area contributed by atoms with E-state index in [0.29, 0.717) is 30.8 Å². The number of rotatable bonds is 8. The quantitative estimate of drug-likeness (QED) is 0.571. The zero-order valence-electron chi connectivity index (χ0n) is 13.1. The summed E-state index contributed by atoms with van der Waals surface area (Å²) in [4.78, 5) is 24.4. The molecule has 0 spiro atoms. The summed E-state index contributed by atoms with van der Waals surface area (Å²) in [5.74, 6) is 0.123. The first-order valence-electron chi connectivity index (χ1n) is 7.63. The molecule has 0 aliphatic carbocycles. The first-order valence-corrected chi connectivity index (χ1v) is 8.62. The molecule has 0 bridgehead atoms. The predicted octanol–water partition coefficient (Wildman–Crippen LogP) is 2.85. The maximum Gasteiger partial charge on any atom is 0.251 e. The topological polar surface area (TPSA) is 58.2 Å². The third kappa shape index (κ3) is 6.42. The van der Waals surface area contributed by atoms with Gasteiger partial charge in [-0.1, -0.05) is 18.2 Å². The fraction of sp³-hybridized carbons (Fsp3) is 0.222. The van der Waals surface area contributed by atoms with E-state index in [1.807, 2.05) is 6.07 Å². The van der Waals surface area contributed by atoms with Crippen LogP contribution in [0.5, 0.6) is 0 Å². The molecule has 2 rings (SSSR count). The van der Waals surface area contributed by atoms with Gasteiger partial charge in [0, 0.05) is 35.7 Å². The van der Waals surface area contributed by atoms with Gasteiger partial charge < -0.3 is 10.6 Å². The molecule has 0 atom stereocenters. The lowest BCUT2D eigenvalue weighted by Gasteiger charge is -2.07. The summed E-state index contributed by atoms with van der Waals surface area (Å²) in [6.45, 7) is 0.767. The van der Waals surface area contributed by atoms with Gasteiger partial charge in [0.1, 0.15) is 5.82 Å². The summed E-state index contributed by atoms with van der Waals surface area (Å²) in [6.07, 6.45) is 0.370. The molecule has 0 radical (unpaired) electrons. The van der Waals surface area contributed by atoms with Crippen LogP contribution in [0, 0.1) is 5.82 Å². The van der Waals surface area contributed by atoms with Crippen LogP contribution in [0.3, 0.4) is 0 Å². The molecule has 0 aliphatic rings. The highest BCUT2D eigenvalue weighted by Crippen LogP contribution is 2.18. The third-order valence-electron chi connectivity index (χ3n) is 3.18. The van der Waals surface area contributed by atoms with Crippen molar-refractivity contribution in [1.82, 2.24) is 10.6 Å². The van der Waals surface area contributed by atoms with Crippen LogP contribution < -0.4 is 10.6 Å². The van der Waals surface area contributed by atoms with E-state index in [1.165, 1.54) is 23.9 Å². The van der Waals surface area contributed by atoms with Crippen LogP contribution in [0.2, 0.25) is 0 Å². The Morgan fingerprint density at radius 2 is 1.58 bits per heavy atom. The normalized spacial score (nSPS) is 10.2. The summed E-state index contributed by atoms with van der Waals surface area (Å²) in [5.41, 5.74) is 0.597. The summed E-state index contributed by atoms with van der Waals surface area (Å²) in [6, 6.07) is 15.1. The zero-order valence-corrected chi connectivity index (χ0v) is 13.9. The number of nitrogens with one attached hydrogen (secondary N) is 2. The molecule has 2 aromatic rings. The molecule has 0 heterocycles. The van der Waals surface area contributed by atoms with E-state index >= 15 is 0 Å². The second-order valence-corrected chi connectivity index (χ2v) is 6.19. The number of carbonyl (C=O) groups excluding carboxylic acids is 2. The second-order valence-electron chi connectivity index (χ2n) is 5.02. The minimum Gasteiger partial charge on any atom is -0.354 e. The molecule has 2 N–H and O–H groups in total. The highest BCUT2D eigenvalue weighted by Gasteiger charge is 2.05. The second kappa shape index (κ2) is 9.72. The minimum absolute atomic E-state index is 0.0708. The lowest BCUT2D eigenvalue weighted by molar-refractivity contribution is -0.120. The standard InChI is InChI=1S/C18H19FN2O2S/c19-15-6-8-16(9-7-15)24-13-10-17(22)20-11-12-21-18(23)14-4-2-1-3-5-14/h1-9H,10-13H2,(H,20,22)(H,21,23). The van der Waals surface area contributed by atoms with Gasteiger partial charge in [-0.25, -0.2) is 4.39 Å². The Bertz CT molecular complexity index is 662. The fourth-order valence-corrected chi connectivity index (χ4v) is 2.80. The SMILES string of the molecule is O=C(CCSc1ccc(F)cc1)NCCNC(=O)c1ccccc1. The average molecular weight is 346 g/mol. The van der Waals surface area contributed by atoms with Crippen molar-refractivity contribution in [2.45, 2.75) is 11.3 Å². The zero-order chi connectivity index (χ0) is 17.2. The van der Waals surface area contributed by atoms with Gasteiger partial charge in [0.25, 0.3) is 5.91 Å². The van der Waals surface area contributed by atoms with Crippen LogP contribution in [0.25, 0.3) is 0 Å². The van der Waals surface area contributed by atoms with Crippen LogP contribution in [0.1, 0.15) is 16.8 Å². The molecule has 0 saturated carbocycles. The van der Waals surface area contributed by atoms with E-state index in [9.17, 15) is 14.0 Å². The smallest absolute Gasteiger partial charge is 0.251 e. The maximum absolute atomic E-state index is 12.8. The molecule has 0 aromatic heterocycles. The van der Waals surface area contributed by atoms with Crippen LogP contribution in [0.15, 0.2) is 59.5 Å². The van der Waals surface area contributed by atoms with E-state index in [1.54, 1.807) is 36.4 Å². The minimum atomic E-state index is -0.269. The molecular formula is C18H19FN2O2S. The number of benzene rings is 2. The number of halogens is 1. The third-order valence-corrected chi connectivity index (χ3v) is 4.19. The number of carbonyl (C=O) groups is 2. The van der Waals surface area contributed by atoms with Crippen molar-refractivity contribution in [2.24, 2.45) is 0 Å². The molecule has 0 fully saturated rings. The Morgan fingerprint density at radius 3 is 2.29 bits per heavy atom. The highest BCUT2D eigenvalue weighted by atomic mass is 32.2. The highest BCUT2D eigenvalue weighted by molar-refractivity contribution is 7.99. The molecule has 0 saturated heterocycles. The van der Waals surface area contributed by atoms with Gasteiger partial charge in [-0.05, 0) is 36.4 Å². The van der Waals surface area contributed by atoms with Crippen molar-refractivity contribution in [3.63, 3.8) is 0 Å². The Kier molecular flexibility index (Phi) is 7.29. The molecule has 0 aliphatic heterocycles. The van der Waals surface area contributed by atoms with Crippen LogP contribution >= 0.6 is 11.8 Å². The van der Waals surface area contributed by atoms with Gasteiger partial charge in [0.15, 0.2) is 0 Å². The van der Waals surface area contributed by atoms with E-state index in [2.05, 4.69) is 10.6 Å². The van der Waals surface area contributed by atoms with E-state index in [0.717, 1.165) is 4.90 Å². The van der Waals surface area contributed by atoms with Gasteiger partial charge in [0.05, 0.1) is 0 Å². The lowest BCUT2D eigenvalue weighted by Crippen LogP contribution is -2.34. The van der Waals surface area contributed by atoms with Crippen LogP contribution in [-0.2, 0) is 4.79 Å². The molecule has 2 aromatic carbocycles. The monoisotopic (exact) mass is 346 g/mol. The van der Waals surface area contributed by atoms with Crippen LogP contribution in [0.4, 0.5) is 4.39 Å². The van der Waals surface area contributed by atoms with E-state index in [-0.39, 0.29) is 17.6 Å². The van der Waals surface area contributed by atoms with E-state index in [4.69, 9.17) is 0 Å². The largest absolute Gasteiger partial charge is 0.354 e. The predicted molar refractivity (Wildman–Crippen MR) is 93.5 cm³/mol. The van der Waals surface area contributed by atoms with Crippen molar-refractivity contribution in [3.8, 4) is 0 Å². The first kappa shape index (κ1) is 18.0. The summed E-state index contributed by atoms with van der Waals surface area (Å²) in [7, 11) is 0. The first-order chi connectivity index (χ1) is 11.6. The molecular weight excluding hydrogens is 327 g/mol. The number of hydrogen-bond acceptors (Lipinski definition) is 3. The Hall–Kier alpha value is -2.34. The van der Waals surface area contributed by atoms with Gasteiger partial charge in [-0.15, -0.1) is 11.8 Å². The molecule has 24 heavy (non-hydrogen) atoms. The molecule has 126 valence electrons. The lowest BCUT2D eigenvalue weighted by atomic mass is 10.2. The summed E-state index contributed by atoms with van der Waals surface area (Å²) in [5, 5.41) is 5.51. The molecule has 2 amide bonds. The number of hydrogen-bond donors (Lipinski definition) is 2. The fourth-order valence-electron chi connectivity index (χ4n) is 1.95. The molecule has 4 nitrogen and oxygen atoms in total. The van der Waals surface area contributed by atoms with Crippen molar-refractivity contribution in [3.05, 3.63) is 66.0 Å². The average Bonchev–Trinajstić information content (AvgIpc) is 2.61. The summed E-state index contributed by atoms with van der Waals surface area (Å²) >= 11 is 1.50. The Balaban J connectivity index is 1.56. The van der Waals surface area contributed by atoms with Gasteiger partial charge in [-0.3, -0.25) is 9.59 Å². The molecule has 6 heteroatoms. The van der Waals surface area contributed by atoms with Crippen molar-refractivity contribution in [2.75, 3.05) is 18.8 Å². The number of amides is 2. The molecule has 0 unspecified atom stereocenters. The number of thioether (sulfide) groups is 1. The van der Waals surface area contributed by atoms with Crippen molar-refractivity contribution in [1.29, 1.82) is 0 Å².